The molecule has 0 radical (unpaired) electrons. The molecule has 1 aliphatic rings. The summed E-state index contributed by atoms with van der Waals surface area (Å²) in [7, 11) is 0. The Kier molecular flexibility index (Phi) is 4.30. The summed E-state index contributed by atoms with van der Waals surface area (Å²) in [5.74, 6) is -1.75. The van der Waals surface area contributed by atoms with E-state index >= 15 is 0 Å². The summed E-state index contributed by atoms with van der Waals surface area (Å²) in [6.45, 7) is 0. The fraction of sp³-hybridized carbons (Fsp3) is 0.278. The summed E-state index contributed by atoms with van der Waals surface area (Å²) >= 11 is 6.05. The Labute approximate surface area is 142 Å². The van der Waals surface area contributed by atoms with Crippen LogP contribution in [-0.2, 0) is 21.6 Å². The van der Waals surface area contributed by atoms with Crippen LogP contribution in [0, 0.1) is 5.92 Å². The van der Waals surface area contributed by atoms with Gasteiger partial charge < -0.3 is 4.74 Å². The molecule has 1 unspecified atom stereocenters. The first kappa shape index (κ1) is 16.8. The summed E-state index contributed by atoms with van der Waals surface area (Å²) < 4.78 is 46.2. The third kappa shape index (κ3) is 2.88. The van der Waals surface area contributed by atoms with Crippen LogP contribution in [0.2, 0.25) is 5.02 Å². The summed E-state index contributed by atoms with van der Waals surface area (Å²) in [6.07, 6.45) is -5.03. The number of benzene rings is 2. The molecule has 1 fully saturated rings. The van der Waals surface area contributed by atoms with Gasteiger partial charge in [-0.2, -0.15) is 13.2 Å². The van der Waals surface area contributed by atoms with E-state index in [-0.39, 0.29) is 12.0 Å². The van der Waals surface area contributed by atoms with Gasteiger partial charge in [0, 0.05) is 17.0 Å². The molecule has 0 aromatic heterocycles. The predicted octanol–water partition coefficient (Wildman–Crippen LogP) is 4.90. The lowest BCUT2D eigenvalue weighted by molar-refractivity contribution is -0.264. The Bertz CT molecular complexity index is 745. The van der Waals surface area contributed by atoms with Gasteiger partial charge in [-0.3, -0.25) is 4.79 Å². The number of halogens is 4. The highest BCUT2D eigenvalue weighted by Gasteiger charge is 2.64. The Hall–Kier alpha value is -2.01. The zero-order chi connectivity index (χ0) is 17.4. The zero-order valence-electron chi connectivity index (χ0n) is 12.5. The van der Waals surface area contributed by atoms with Crippen molar-refractivity contribution in [3.8, 4) is 0 Å². The Morgan fingerprint density at radius 1 is 1.08 bits per heavy atom. The van der Waals surface area contributed by atoms with Gasteiger partial charge in [0.15, 0.2) is 0 Å². The standard InChI is InChI=1S/C18H14ClF3O2/c19-15-9-5-4-6-12(15)10-13-11-17(18(20,21)22,24-16(13)23)14-7-2-1-3-8-14/h1-9,13H,10-11H2/t13?,17-/m1/s1. The fourth-order valence-corrected chi connectivity index (χ4v) is 3.25. The van der Waals surface area contributed by atoms with E-state index in [9.17, 15) is 18.0 Å². The first-order valence-corrected chi connectivity index (χ1v) is 7.80. The molecule has 0 amide bonds. The van der Waals surface area contributed by atoms with Gasteiger partial charge in [0.25, 0.3) is 0 Å². The molecule has 6 heteroatoms. The highest BCUT2D eigenvalue weighted by Crippen LogP contribution is 2.51. The number of hydrogen-bond acceptors (Lipinski definition) is 2. The Morgan fingerprint density at radius 2 is 1.71 bits per heavy atom. The van der Waals surface area contributed by atoms with Gasteiger partial charge in [-0.25, -0.2) is 0 Å². The number of rotatable bonds is 3. The highest BCUT2D eigenvalue weighted by atomic mass is 35.5. The van der Waals surface area contributed by atoms with Crippen molar-refractivity contribution in [1.82, 2.24) is 0 Å². The molecule has 0 aliphatic carbocycles. The minimum atomic E-state index is -4.70. The SMILES string of the molecule is O=C1O[C@](c2ccccc2)(C(F)(F)F)CC1Cc1ccccc1Cl. The van der Waals surface area contributed by atoms with Gasteiger partial charge in [0.05, 0.1) is 5.92 Å². The third-order valence-electron chi connectivity index (χ3n) is 4.26. The molecule has 24 heavy (non-hydrogen) atoms. The van der Waals surface area contributed by atoms with Crippen LogP contribution in [0.5, 0.6) is 0 Å². The number of carbonyl (C=O) groups excluding carboxylic acids is 1. The normalized spacial score (nSPS) is 24.0. The van der Waals surface area contributed by atoms with Crippen LogP contribution in [0.25, 0.3) is 0 Å². The van der Waals surface area contributed by atoms with E-state index < -0.39 is 30.1 Å². The van der Waals surface area contributed by atoms with Crippen molar-refractivity contribution in [3.63, 3.8) is 0 Å². The molecule has 1 aliphatic heterocycles. The number of esters is 1. The van der Waals surface area contributed by atoms with Crippen molar-refractivity contribution in [2.24, 2.45) is 5.92 Å². The quantitative estimate of drug-likeness (QED) is 0.732. The van der Waals surface area contributed by atoms with E-state index in [4.69, 9.17) is 16.3 Å². The predicted molar refractivity (Wildman–Crippen MR) is 83.5 cm³/mol. The lowest BCUT2D eigenvalue weighted by atomic mass is 9.84. The van der Waals surface area contributed by atoms with Crippen LogP contribution in [0.15, 0.2) is 54.6 Å². The maximum absolute atomic E-state index is 13.8. The molecule has 1 heterocycles. The monoisotopic (exact) mass is 354 g/mol. The first-order chi connectivity index (χ1) is 11.3. The second kappa shape index (κ2) is 6.13. The Balaban J connectivity index is 1.94. The topological polar surface area (TPSA) is 26.3 Å². The second-order valence-electron chi connectivity index (χ2n) is 5.81. The summed E-state index contributed by atoms with van der Waals surface area (Å²) in [5, 5.41) is 0.425. The highest BCUT2D eigenvalue weighted by molar-refractivity contribution is 6.31. The smallest absolute Gasteiger partial charge is 0.432 e. The van der Waals surface area contributed by atoms with Crippen LogP contribution in [0.3, 0.4) is 0 Å². The summed E-state index contributed by atoms with van der Waals surface area (Å²) in [6, 6.07) is 14.1. The van der Waals surface area contributed by atoms with Gasteiger partial charge >= 0.3 is 12.1 Å². The summed E-state index contributed by atoms with van der Waals surface area (Å²) in [4.78, 5) is 12.2. The van der Waals surface area contributed by atoms with Crippen LogP contribution in [-0.4, -0.2) is 12.1 Å². The molecule has 1 saturated heterocycles. The van der Waals surface area contributed by atoms with Crippen LogP contribution < -0.4 is 0 Å². The molecule has 126 valence electrons. The van der Waals surface area contributed by atoms with Crippen molar-refractivity contribution in [2.45, 2.75) is 24.6 Å². The molecule has 3 rings (SSSR count). The lowest BCUT2D eigenvalue weighted by Gasteiger charge is -2.30. The number of hydrogen-bond donors (Lipinski definition) is 0. The van der Waals surface area contributed by atoms with Gasteiger partial charge in [0.1, 0.15) is 0 Å². The average Bonchev–Trinajstić information content (AvgIpc) is 2.88. The lowest BCUT2D eigenvalue weighted by Crippen LogP contribution is -2.42. The van der Waals surface area contributed by atoms with E-state index in [1.54, 1.807) is 30.3 Å². The number of alkyl halides is 3. The molecule has 0 bridgehead atoms. The first-order valence-electron chi connectivity index (χ1n) is 7.42. The van der Waals surface area contributed by atoms with E-state index in [2.05, 4.69) is 0 Å². The van der Waals surface area contributed by atoms with Gasteiger partial charge in [-0.15, -0.1) is 0 Å². The van der Waals surface area contributed by atoms with E-state index in [0.717, 1.165) is 0 Å². The molecule has 2 atom stereocenters. The number of carbonyl (C=O) groups is 1. The molecule has 0 saturated carbocycles. The van der Waals surface area contributed by atoms with Crippen molar-refractivity contribution in [2.75, 3.05) is 0 Å². The molecule has 2 nitrogen and oxygen atoms in total. The summed E-state index contributed by atoms with van der Waals surface area (Å²) in [5.41, 5.74) is -2.03. The maximum atomic E-state index is 13.8. The number of ether oxygens (including phenoxy) is 1. The largest absolute Gasteiger partial charge is 0.444 e. The third-order valence-corrected chi connectivity index (χ3v) is 4.63. The molecular weight excluding hydrogens is 341 g/mol. The van der Waals surface area contributed by atoms with Crippen molar-refractivity contribution in [1.29, 1.82) is 0 Å². The van der Waals surface area contributed by atoms with E-state index in [1.165, 1.54) is 24.3 Å². The second-order valence-corrected chi connectivity index (χ2v) is 6.22. The van der Waals surface area contributed by atoms with E-state index in [1.807, 2.05) is 0 Å². The molecule has 0 spiro atoms. The Morgan fingerprint density at radius 3 is 2.33 bits per heavy atom. The van der Waals surface area contributed by atoms with Crippen LogP contribution >= 0.6 is 11.6 Å². The van der Waals surface area contributed by atoms with Crippen LogP contribution in [0.4, 0.5) is 13.2 Å². The van der Waals surface area contributed by atoms with Crippen molar-refractivity contribution in [3.05, 3.63) is 70.7 Å². The van der Waals surface area contributed by atoms with E-state index in [0.29, 0.717) is 10.6 Å². The zero-order valence-corrected chi connectivity index (χ0v) is 13.3. The average molecular weight is 355 g/mol. The maximum Gasteiger partial charge on any atom is 0.432 e. The van der Waals surface area contributed by atoms with Crippen LogP contribution in [0.1, 0.15) is 17.5 Å². The van der Waals surface area contributed by atoms with Crippen molar-refractivity contribution < 1.29 is 22.7 Å². The van der Waals surface area contributed by atoms with Crippen molar-refractivity contribution >= 4 is 17.6 Å². The molecule has 2 aromatic carbocycles. The molecular formula is C18H14ClF3O2. The van der Waals surface area contributed by atoms with Gasteiger partial charge in [0.2, 0.25) is 5.60 Å². The fourth-order valence-electron chi connectivity index (χ4n) is 3.03. The van der Waals surface area contributed by atoms with Gasteiger partial charge in [-0.1, -0.05) is 60.1 Å². The number of cyclic esters (lactones) is 1. The van der Waals surface area contributed by atoms with Gasteiger partial charge in [-0.05, 0) is 18.1 Å². The minimum absolute atomic E-state index is 0.0625. The molecule has 0 N–H and O–H groups in total. The molecule has 2 aromatic rings. The minimum Gasteiger partial charge on any atom is -0.444 e.